The van der Waals surface area contributed by atoms with Crippen LogP contribution in [0.1, 0.15) is 46.5 Å². The van der Waals surface area contributed by atoms with Crippen LogP contribution in [0.4, 0.5) is 0 Å². The summed E-state index contributed by atoms with van der Waals surface area (Å²) in [5, 5.41) is 6.84. The van der Waals surface area contributed by atoms with E-state index in [-0.39, 0.29) is 41.2 Å². The third kappa shape index (κ3) is 7.43. The molecule has 0 radical (unpaired) electrons. The molecule has 2 rings (SSSR count). The van der Waals surface area contributed by atoms with Crippen molar-refractivity contribution >= 4 is 39.8 Å². The van der Waals surface area contributed by atoms with Gasteiger partial charge in [0.15, 0.2) is 15.8 Å². The fraction of sp³-hybridized carbons (Fsp3) is 0.938. The van der Waals surface area contributed by atoms with Gasteiger partial charge in [0.05, 0.1) is 17.1 Å². The fourth-order valence-corrected chi connectivity index (χ4v) is 5.03. The second-order valence-corrected chi connectivity index (χ2v) is 9.56. The van der Waals surface area contributed by atoms with E-state index in [1.54, 1.807) is 0 Å². The SMILES string of the molecule is CCCNC(=NCC1CCS(=O)(=O)C1)NC1CCOC(C)(C)C1.I. The molecule has 6 nitrogen and oxygen atoms in total. The van der Waals surface area contributed by atoms with Crippen LogP contribution in [0.3, 0.4) is 0 Å². The summed E-state index contributed by atoms with van der Waals surface area (Å²) >= 11 is 0. The Bertz CT molecular complexity index is 523. The molecule has 0 bridgehead atoms. The minimum atomic E-state index is -2.83. The molecule has 8 heteroatoms. The molecule has 2 aliphatic heterocycles. The molecule has 2 unspecified atom stereocenters. The molecule has 2 saturated heterocycles. The van der Waals surface area contributed by atoms with Crippen LogP contribution in [0.2, 0.25) is 0 Å². The summed E-state index contributed by atoms with van der Waals surface area (Å²) in [6.45, 7) is 8.53. The van der Waals surface area contributed by atoms with Crippen LogP contribution < -0.4 is 10.6 Å². The Morgan fingerprint density at radius 3 is 2.67 bits per heavy atom. The molecule has 2 heterocycles. The predicted octanol–water partition coefficient (Wildman–Crippen LogP) is 1.94. The van der Waals surface area contributed by atoms with Crippen LogP contribution in [0, 0.1) is 5.92 Å². The molecule has 0 aromatic heterocycles. The number of halogens is 1. The Morgan fingerprint density at radius 1 is 1.33 bits per heavy atom. The molecule has 0 aromatic carbocycles. The number of hydrogen-bond donors (Lipinski definition) is 2. The monoisotopic (exact) mass is 473 g/mol. The van der Waals surface area contributed by atoms with Crippen molar-refractivity contribution in [3.63, 3.8) is 0 Å². The Kier molecular flexibility index (Phi) is 8.75. The number of hydrogen-bond acceptors (Lipinski definition) is 4. The van der Waals surface area contributed by atoms with Crippen LogP contribution in [-0.2, 0) is 14.6 Å². The quantitative estimate of drug-likeness (QED) is 0.363. The first-order chi connectivity index (χ1) is 10.8. The lowest BCUT2D eigenvalue weighted by Gasteiger charge is -2.36. The Balaban J connectivity index is 0.00000288. The Hall–Kier alpha value is -0.0900. The van der Waals surface area contributed by atoms with Crippen molar-refractivity contribution in [2.45, 2.75) is 58.1 Å². The first-order valence-electron chi connectivity index (χ1n) is 8.69. The Morgan fingerprint density at radius 2 is 2.08 bits per heavy atom. The molecule has 24 heavy (non-hydrogen) atoms. The van der Waals surface area contributed by atoms with Gasteiger partial charge in [-0.1, -0.05) is 6.92 Å². The van der Waals surface area contributed by atoms with E-state index in [0.717, 1.165) is 44.8 Å². The van der Waals surface area contributed by atoms with Crippen LogP contribution in [0.25, 0.3) is 0 Å². The zero-order chi connectivity index (χ0) is 16.9. The zero-order valence-corrected chi connectivity index (χ0v) is 18.2. The first-order valence-corrected chi connectivity index (χ1v) is 10.5. The van der Waals surface area contributed by atoms with Crippen LogP contribution in [0.5, 0.6) is 0 Å². The van der Waals surface area contributed by atoms with Gasteiger partial charge in [-0.25, -0.2) is 8.42 Å². The van der Waals surface area contributed by atoms with Gasteiger partial charge in [0, 0.05) is 25.7 Å². The van der Waals surface area contributed by atoms with Crippen molar-refractivity contribution in [1.29, 1.82) is 0 Å². The number of ether oxygens (including phenoxy) is 1. The fourth-order valence-electron chi connectivity index (χ4n) is 3.18. The maximum Gasteiger partial charge on any atom is 0.191 e. The second-order valence-electron chi connectivity index (χ2n) is 7.33. The highest BCUT2D eigenvalue weighted by Gasteiger charge is 2.30. The van der Waals surface area contributed by atoms with Crippen molar-refractivity contribution in [2.24, 2.45) is 10.9 Å². The number of nitrogens with zero attached hydrogens (tertiary/aromatic N) is 1. The average Bonchev–Trinajstić information content (AvgIpc) is 2.80. The van der Waals surface area contributed by atoms with Gasteiger partial charge in [0.25, 0.3) is 0 Å². The summed E-state index contributed by atoms with van der Waals surface area (Å²) < 4.78 is 28.9. The number of nitrogens with one attached hydrogen (secondary N) is 2. The summed E-state index contributed by atoms with van der Waals surface area (Å²) in [5.41, 5.74) is -0.106. The normalized spacial score (nSPS) is 28.9. The second kappa shape index (κ2) is 9.56. The lowest BCUT2D eigenvalue weighted by Crippen LogP contribution is -2.50. The van der Waals surface area contributed by atoms with Gasteiger partial charge < -0.3 is 15.4 Å². The van der Waals surface area contributed by atoms with Gasteiger partial charge in [0.2, 0.25) is 0 Å². The minimum absolute atomic E-state index is 0. The summed E-state index contributed by atoms with van der Waals surface area (Å²) in [4.78, 5) is 4.64. The van der Waals surface area contributed by atoms with Crippen LogP contribution in [0.15, 0.2) is 4.99 Å². The van der Waals surface area contributed by atoms with Gasteiger partial charge in [-0.15, -0.1) is 24.0 Å². The number of sulfone groups is 1. The van der Waals surface area contributed by atoms with Crippen molar-refractivity contribution in [1.82, 2.24) is 10.6 Å². The van der Waals surface area contributed by atoms with Crippen molar-refractivity contribution in [2.75, 3.05) is 31.2 Å². The minimum Gasteiger partial charge on any atom is -0.375 e. The van der Waals surface area contributed by atoms with E-state index in [1.165, 1.54) is 0 Å². The first kappa shape index (κ1) is 22.0. The smallest absolute Gasteiger partial charge is 0.191 e. The average molecular weight is 473 g/mol. The highest BCUT2D eigenvalue weighted by molar-refractivity contribution is 14.0. The maximum absolute atomic E-state index is 11.6. The third-order valence-corrected chi connectivity index (χ3v) is 6.25. The van der Waals surface area contributed by atoms with Crippen LogP contribution >= 0.6 is 24.0 Å². The van der Waals surface area contributed by atoms with Gasteiger partial charge in [-0.05, 0) is 45.4 Å². The standard InChI is InChI=1S/C16H31N3O3S.HI/c1-4-7-17-15(18-11-13-6-9-23(20,21)12-13)19-14-5-8-22-16(2,3)10-14;/h13-14H,4-12H2,1-3H3,(H2,17,18,19);1H. The summed E-state index contributed by atoms with van der Waals surface area (Å²) in [6.07, 6.45) is 3.67. The number of aliphatic imine (C=N–C) groups is 1. The van der Waals surface area contributed by atoms with E-state index in [9.17, 15) is 8.42 Å². The molecular formula is C16H32IN3O3S. The molecule has 2 N–H and O–H groups in total. The van der Waals surface area contributed by atoms with Gasteiger partial charge in [0.1, 0.15) is 0 Å². The topological polar surface area (TPSA) is 79.8 Å². The van der Waals surface area contributed by atoms with Crippen LogP contribution in [-0.4, -0.2) is 57.2 Å². The lowest BCUT2D eigenvalue weighted by atomic mass is 9.94. The molecule has 0 saturated carbocycles. The van der Waals surface area contributed by atoms with E-state index < -0.39 is 9.84 Å². The van der Waals surface area contributed by atoms with E-state index in [2.05, 4.69) is 36.4 Å². The van der Waals surface area contributed by atoms with Crippen molar-refractivity contribution in [3.8, 4) is 0 Å². The lowest BCUT2D eigenvalue weighted by molar-refractivity contribution is -0.0605. The maximum atomic E-state index is 11.6. The largest absolute Gasteiger partial charge is 0.375 e. The zero-order valence-electron chi connectivity index (χ0n) is 15.0. The molecule has 0 spiro atoms. The summed E-state index contributed by atoms with van der Waals surface area (Å²) in [7, 11) is -2.83. The van der Waals surface area contributed by atoms with E-state index in [4.69, 9.17) is 4.74 Å². The predicted molar refractivity (Wildman–Crippen MR) is 109 cm³/mol. The van der Waals surface area contributed by atoms with E-state index in [1.807, 2.05) is 0 Å². The summed E-state index contributed by atoms with van der Waals surface area (Å²) in [5.74, 6) is 1.55. The molecule has 0 amide bonds. The number of rotatable bonds is 5. The van der Waals surface area contributed by atoms with E-state index >= 15 is 0 Å². The van der Waals surface area contributed by atoms with Gasteiger partial charge in [-0.2, -0.15) is 0 Å². The molecule has 2 atom stereocenters. The summed E-state index contributed by atoms with van der Waals surface area (Å²) in [6, 6.07) is 0.342. The van der Waals surface area contributed by atoms with Crippen molar-refractivity contribution in [3.05, 3.63) is 0 Å². The molecule has 2 fully saturated rings. The highest BCUT2D eigenvalue weighted by Crippen LogP contribution is 2.24. The number of guanidine groups is 1. The Labute approximate surface area is 163 Å². The molecule has 2 aliphatic rings. The molecule has 0 aliphatic carbocycles. The third-order valence-electron chi connectivity index (χ3n) is 4.41. The molecule has 142 valence electrons. The highest BCUT2D eigenvalue weighted by atomic mass is 127. The molecule has 0 aromatic rings. The molecular weight excluding hydrogens is 441 g/mol. The van der Waals surface area contributed by atoms with Crippen molar-refractivity contribution < 1.29 is 13.2 Å². The van der Waals surface area contributed by atoms with Gasteiger partial charge >= 0.3 is 0 Å². The van der Waals surface area contributed by atoms with E-state index in [0.29, 0.717) is 18.3 Å². The van der Waals surface area contributed by atoms with Gasteiger partial charge in [-0.3, -0.25) is 4.99 Å².